The highest BCUT2D eigenvalue weighted by atomic mass is 79.9. The zero-order chi connectivity index (χ0) is 15.1. The zero-order valence-corrected chi connectivity index (χ0v) is 14.4. The van der Waals surface area contributed by atoms with E-state index in [1.807, 2.05) is 0 Å². The van der Waals surface area contributed by atoms with Gasteiger partial charge in [0.25, 0.3) is 0 Å². The minimum atomic E-state index is 0.588. The van der Waals surface area contributed by atoms with Crippen molar-refractivity contribution in [3.05, 3.63) is 16.9 Å². The van der Waals surface area contributed by atoms with Crippen molar-refractivity contribution in [2.75, 3.05) is 32.5 Å². The predicted molar refractivity (Wildman–Crippen MR) is 90.0 cm³/mol. The highest BCUT2D eigenvalue weighted by molar-refractivity contribution is 9.10. The van der Waals surface area contributed by atoms with Crippen LogP contribution in [0.5, 0.6) is 0 Å². The molecule has 0 bridgehead atoms. The van der Waals surface area contributed by atoms with Crippen LogP contribution in [0.2, 0.25) is 0 Å². The number of halogens is 1. The predicted octanol–water partition coefficient (Wildman–Crippen LogP) is 3.02. The summed E-state index contributed by atoms with van der Waals surface area (Å²) in [6.07, 6.45) is 8.46. The van der Waals surface area contributed by atoms with Gasteiger partial charge in [0.15, 0.2) is 0 Å². The topological polar surface area (TPSA) is 41.0 Å². The first-order valence-electron chi connectivity index (χ1n) is 7.48. The molecule has 1 fully saturated rings. The van der Waals surface area contributed by atoms with Gasteiger partial charge in [0.1, 0.15) is 0 Å². The van der Waals surface area contributed by atoms with Crippen molar-refractivity contribution in [2.45, 2.75) is 25.7 Å². The Morgan fingerprint density at radius 2 is 1.90 bits per heavy atom. The number of hydrogen-bond acceptors (Lipinski definition) is 4. The Hall–Kier alpha value is -1.12. The Balaban J connectivity index is 1.69. The summed E-state index contributed by atoms with van der Waals surface area (Å²) >= 11 is 3.34. The van der Waals surface area contributed by atoms with E-state index >= 15 is 0 Å². The van der Waals surface area contributed by atoms with Crippen LogP contribution in [0.3, 0.4) is 0 Å². The van der Waals surface area contributed by atoms with E-state index in [-0.39, 0.29) is 0 Å². The van der Waals surface area contributed by atoms with E-state index in [2.05, 4.69) is 62.1 Å². The molecule has 1 aromatic heterocycles. The van der Waals surface area contributed by atoms with Crippen molar-refractivity contribution >= 4 is 21.9 Å². The van der Waals surface area contributed by atoms with Crippen LogP contribution >= 0.6 is 15.9 Å². The van der Waals surface area contributed by atoms with Gasteiger partial charge in [-0.1, -0.05) is 11.8 Å². The number of nitrogens with one attached hydrogen (secondary N) is 1. The molecule has 0 spiro atoms. The minimum absolute atomic E-state index is 0.588. The molecule has 0 atom stereocenters. The molecule has 1 saturated carbocycles. The van der Waals surface area contributed by atoms with Crippen LogP contribution < -0.4 is 5.32 Å². The molecule has 1 aliphatic carbocycles. The molecule has 21 heavy (non-hydrogen) atoms. The average Bonchev–Trinajstić information content (AvgIpc) is 2.48. The third-order valence-electron chi connectivity index (χ3n) is 3.72. The van der Waals surface area contributed by atoms with Crippen LogP contribution in [0.4, 0.5) is 5.95 Å². The van der Waals surface area contributed by atoms with Gasteiger partial charge in [-0.2, -0.15) is 0 Å². The van der Waals surface area contributed by atoms with Gasteiger partial charge in [-0.15, -0.1) is 0 Å². The molecule has 114 valence electrons. The van der Waals surface area contributed by atoms with Crippen molar-refractivity contribution in [2.24, 2.45) is 11.8 Å². The Morgan fingerprint density at radius 1 is 1.24 bits per heavy atom. The molecule has 0 saturated heterocycles. The lowest BCUT2D eigenvalue weighted by atomic mass is 9.82. The van der Waals surface area contributed by atoms with Crippen LogP contribution in [0.25, 0.3) is 0 Å². The Morgan fingerprint density at radius 3 is 2.52 bits per heavy atom. The Bertz CT molecular complexity index is 481. The summed E-state index contributed by atoms with van der Waals surface area (Å²) in [5, 5.41) is 3.33. The maximum Gasteiger partial charge on any atom is 0.222 e. The first-order chi connectivity index (χ1) is 10.1. The molecule has 4 nitrogen and oxygen atoms in total. The van der Waals surface area contributed by atoms with E-state index in [0.717, 1.165) is 17.6 Å². The van der Waals surface area contributed by atoms with E-state index in [0.29, 0.717) is 17.8 Å². The van der Waals surface area contributed by atoms with Crippen molar-refractivity contribution in [3.63, 3.8) is 0 Å². The third-order valence-corrected chi connectivity index (χ3v) is 4.13. The summed E-state index contributed by atoms with van der Waals surface area (Å²) < 4.78 is 0.907. The van der Waals surface area contributed by atoms with Gasteiger partial charge >= 0.3 is 0 Å². The second-order valence-corrected chi connectivity index (χ2v) is 6.80. The number of aromatic nitrogens is 2. The fourth-order valence-corrected chi connectivity index (χ4v) is 2.70. The number of nitrogens with zero attached hydrogens (tertiary/aromatic N) is 3. The fourth-order valence-electron chi connectivity index (χ4n) is 2.50. The maximum atomic E-state index is 4.24. The van der Waals surface area contributed by atoms with Crippen molar-refractivity contribution in [3.8, 4) is 11.8 Å². The molecular formula is C16H23BrN4. The molecule has 0 aliphatic heterocycles. The van der Waals surface area contributed by atoms with Gasteiger partial charge in [-0.05, 0) is 61.6 Å². The molecule has 2 rings (SSSR count). The van der Waals surface area contributed by atoms with E-state index in [9.17, 15) is 0 Å². The van der Waals surface area contributed by atoms with Gasteiger partial charge in [0, 0.05) is 24.9 Å². The zero-order valence-electron chi connectivity index (χ0n) is 12.8. The van der Waals surface area contributed by atoms with E-state index in [1.165, 1.54) is 25.7 Å². The van der Waals surface area contributed by atoms with Crippen LogP contribution in [-0.4, -0.2) is 42.1 Å². The van der Waals surface area contributed by atoms with Crippen molar-refractivity contribution < 1.29 is 0 Å². The second kappa shape index (κ2) is 8.35. The monoisotopic (exact) mass is 350 g/mol. The van der Waals surface area contributed by atoms with Gasteiger partial charge in [-0.25, -0.2) is 9.97 Å². The van der Waals surface area contributed by atoms with Crippen molar-refractivity contribution in [1.29, 1.82) is 0 Å². The minimum Gasteiger partial charge on any atom is -0.354 e. The van der Waals surface area contributed by atoms with Crippen LogP contribution in [0, 0.1) is 23.7 Å². The van der Waals surface area contributed by atoms with Crippen LogP contribution in [-0.2, 0) is 0 Å². The summed E-state index contributed by atoms with van der Waals surface area (Å²) in [4.78, 5) is 10.6. The molecular weight excluding hydrogens is 328 g/mol. The highest BCUT2D eigenvalue weighted by Gasteiger charge is 2.19. The van der Waals surface area contributed by atoms with Crippen molar-refractivity contribution in [1.82, 2.24) is 14.9 Å². The molecule has 1 N–H and O–H groups in total. The van der Waals surface area contributed by atoms with Gasteiger partial charge in [0.05, 0.1) is 11.0 Å². The summed E-state index contributed by atoms with van der Waals surface area (Å²) in [7, 11) is 4.11. The molecule has 1 aliphatic rings. The normalized spacial score (nSPS) is 21.7. The quantitative estimate of drug-likeness (QED) is 0.847. The Kier molecular flexibility index (Phi) is 6.47. The lowest BCUT2D eigenvalue weighted by Crippen LogP contribution is -2.21. The molecule has 0 radical (unpaired) electrons. The number of hydrogen-bond donors (Lipinski definition) is 1. The largest absolute Gasteiger partial charge is 0.354 e. The lowest BCUT2D eigenvalue weighted by Gasteiger charge is -2.25. The molecule has 1 aromatic rings. The molecule has 0 unspecified atom stereocenters. The molecule has 5 heteroatoms. The number of anilines is 1. The summed E-state index contributed by atoms with van der Waals surface area (Å²) in [5.74, 6) is 8.69. The fraction of sp³-hybridized carbons (Fsp3) is 0.625. The van der Waals surface area contributed by atoms with E-state index in [1.54, 1.807) is 12.4 Å². The highest BCUT2D eigenvalue weighted by Crippen LogP contribution is 2.28. The van der Waals surface area contributed by atoms with Gasteiger partial charge in [0.2, 0.25) is 5.95 Å². The maximum absolute atomic E-state index is 4.24. The van der Waals surface area contributed by atoms with Gasteiger partial charge in [-0.3, -0.25) is 4.90 Å². The SMILES string of the molecule is CN(C)CC#CC1CCC(CNc2ncc(Br)cn2)CC1. The van der Waals surface area contributed by atoms with Crippen LogP contribution in [0.1, 0.15) is 25.7 Å². The first kappa shape index (κ1) is 16.3. The summed E-state index contributed by atoms with van der Waals surface area (Å²) in [6, 6.07) is 0. The average molecular weight is 351 g/mol. The van der Waals surface area contributed by atoms with Crippen LogP contribution in [0.15, 0.2) is 16.9 Å². The first-order valence-corrected chi connectivity index (χ1v) is 8.27. The lowest BCUT2D eigenvalue weighted by molar-refractivity contribution is 0.328. The Labute approximate surface area is 135 Å². The van der Waals surface area contributed by atoms with Gasteiger partial charge < -0.3 is 5.32 Å². The smallest absolute Gasteiger partial charge is 0.222 e. The number of rotatable bonds is 4. The van der Waals surface area contributed by atoms with E-state index < -0.39 is 0 Å². The second-order valence-electron chi connectivity index (χ2n) is 5.88. The van der Waals surface area contributed by atoms with E-state index in [4.69, 9.17) is 0 Å². The summed E-state index contributed by atoms with van der Waals surface area (Å²) in [5.41, 5.74) is 0. The standard InChI is InChI=1S/C16H23BrN4/c1-21(2)9-3-4-13-5-7-14(8-6-13)10-18-16-19-11-15(17)12-20-16/h11-14H,5-10H2,1-2H3,(H,18,19,20). The molecule has 0 amide bonds. The molecule has 0 aromatic carbocycles. The molecule has 1 heterocycles. The summed E-state index contributed by atoms with van der Waals surface area (Å²) in [6.45, 7) is 1.82. The third kappa shape index (κ3) is 6.03.